The van der Waals surface area contributed by atoms with E-state index in [1.807, 2.05) is 13.8 Å². The van der Waals surface area contributed by atoms with E-state index in [2.05, 4.69) is 10.6 Å². The summed E-state index contributed by atoms with van der Waals surface area (Å²) in [5.74, 6) is -1.26. The molecule has 1 aliphatic rings. The van der Waals surface area contributed by atoms with Crippen molar-refractivity contribution in [2.45, 2.75) is 26.7 Å². The van der Waals surface area contributed by atoms with Gasteiger partial charge in [0, 0.05) is 25.2 Å². The minimum absolute atomic E-state index is 0.156. The number of carbonyl (C=O) groups is 4. The molecule has 1 heterocycles. The van der Waals surface area contributed by atoms with Crippen LogP contribution >= 0.6 is 0 Å². The predicted octanol–water partition coefficient (Wildman–Crippen LogP) is 1.09. The summed E-state index contributed by atoms with van der Waals surface area (Å²) in [5.41, 5.74) is 0.865. The van der Waals surface area contributed by atoms with E-state index in [0.717, 1.165) is 0 Å². The Bertz CT molecular complexity index is 810. The average Bonchev–Trinajstić information content (AvgIpc) is 2.85. The van der Waals surface area contributed by atoms with Gasteiger partial charge >= 0.3 is 0 Å². The molecule has 142 valence electrons. The summed E-state index contributed by atoms with van der Waals surface area (Å²) in [5, 5.41) is 13.6. The van der Waals surface area contributed by atoms with Crippen molar-refractivity contribution < 1.29 is 19.2 Å². The van der Waals surface area contributed by atoms with Crippen molar-refractivity contribution in [2.75, 3.05) is 19.6 Å². The van der Waals surface area contributed by atoms with Crippen LogP contribution in [0.15, 0.2) is 18.2 Å². The van der Waals surface area contributed by atoms with Gasteiger partial charge in [-0.05, 0) is 30.5 Å². The lowest BCUT2D eigenvalue weighted by Crippen LogP contribution is -2.33. The van der Waals surface area contributed by atoms with Crippen molar-refractivity contribution in [2.24, 2.45) is 5.92 Å². The quantitative estimate of drug-likeness (QED) is 0.524. The first-order valence-corrected chi connectivity index (χ1v) is 8.77. The molecule has 8 heteroatoms. The Morgan fingerprint density at radius 2 is 1.78 bits per heavy atom. The number of benzene rings is 1. The summed E-state index contributed by atoms with van der Waals surface area (Å²) in [7, 11) is 0. The van der Waals surface area contributed by atoms with Gasteiger partial charge in [0.05, 0.1) is 17.2 Å². The number of carbonyl (C=O) groups excluding carboxylic acids is 4. The van der Waals surface area contributed by atoms with Gasteiger partial charge in [-0.2, -0.15) is 5.26 Å². The number of imide groups is 1. The van der Waals surface area contributed by atoms with Gasteiger partial charge in [-0.15, -0.1) is 0 Å². The minimum atomic E-state index is -0.376. The molecule has 4 amide bonds. The monoisotopic (exact) mass is 370 g/mol. The molecular weight excluding hydrogens is 348 g/mol. The van der Waals surface area contributed by atoms with Crippen LogP contribution in [-0.2, 0) is 4.79 Å². The number of hydrogen-bond acceptors (Lipinski definition) is 5. The molecule has 0 aromatic heterocycles. The van der Waals surface area contributed by atoms with Crippen LogP contribution in [0.25, 0.3) is 0 Å². The van der Waals surface area contributed by atoms with Gasteiger partial charge < -0.3 is 10.6 Å². The average molecular weight is 370 g/mol. The number of fused-ring (bicyclic) bond motifs is 1. The van der Waals surface area contributed by atoms with Gasteiger partial charge in [-0.1, -0.05) is 13.8 Å². The van der Waals surface area contributed by atoms with Crippen molar-refractivity contribution in [1.82, 2.24) is 15.5 Å². The van der Waals surface area contributed by atoms with Crippen LogP contribution in [0, 0.1) is 17.2 Å². The first-order chi connectivity index (χ1) is 12.8. The summed E-state index contributed by atoms with van der Waals surface area (Å²) in [6.45, 7) is 4.86. The molecule has 1 aromatic carbocycles. The van der Waals surface area contributed by atoms with E-state index in [0.29, 0.717) is 37.2 Å². The normalized spacial score (nSPS) is 12.7. The maximum absolute atomic E-state index is 12.4. The maximum atomic E-state index is 12.4. The molecule has 1 aromatic rings. The van der Waals surface area contributed by atoms with E-state index in [4.69, 9.17) is 5.26 Å². The summed E-state index contributed by atoms with van der Waals surface area (Å²) in [4.78, 5) is 49.3. The fourth-order valence-electron chi connectivity index (χ4n) is 2.72. The molecule has 27 heavy (non-hydrogen) atoms. The third-order valence-electron chi connectivity index (χ3n) is 3.98. The van der Waals surface area contributed by atoms with Gasteiger partial charge in [0.1, 0.15) is 6.42 Å². The third-order valence-corrected chi connectivity index (χ3v) is 3.98. The second-order valence-electron chi connectivity index (χ2n) is 6.67. The van der Waals surface area contributed by atoms with Gasteiger partial charge in [0.15, 0.2) is 0 Å². The Morgan fingerprint density at radius 1 is 1.11 bits per heavy atom. The predicted molar refractivity (Wildman–Crippen MR) is 96.8 cm³/mol. The van der Waals surface area contributed by atoms with Crippen LogP contribution in [0.4, 0.5) is 0 Å². The Labute approximate surface area is 157 Å². The number of hydrogen-bond donors (Lipinski definition) is 2. The van der Waals surface area contributed by atoms with E-state index in [-0.39, 0.29) is 41.5 Å². The highest BCUT2D eigenvalue weighted by Crippen LogP contribution is 2.24. The summed E-state index contributed by atoms with van der Waals surface area (Å²) >= 11 is 0. The van der Waals surface area contributed by atoms with Crippen LogP contribution in [0.2, 0.25) is 0 Å². The Kier molecular flexibility index (Phi) is 6.66. The fraction of sp³-hybridized carbons (Fsp3) is 0.421. The molecule has 0 bridgehead atoms. The second-order valence-corrected chi connectivity index (χ2v) is 6.67. The van der Waals surface area contributed by atoms with E-state index in [1.165, 1.54) is 23.1 Å². The first kappa shape index (κ1) is 20.1. The molecule has 0 unspecified atom stereocenters. The van der Waals surface area contributed by atoms with Crippen LogP contribution in [-0.4, -0.2) is 48.2 Å². The van der Waals surface area contributed by atoms with Crippen molar-refractivity contribution in [3.05, 3.63) is 34.9 Å². The third kappa shape index (κ3) is 4.91. The molecule has 8 nitrogen and oxygen atoms in total. The zero-order valence-corrected chi connectivity index (χ0v) is 15.4. The molecule has 2 rings (SSSR count). The van der Waals surface area contributed by atoms with E-state index in [1.54, 1.807) is 6.07 Å². The number of nitrogens with zero attached hydrogens (tertiary/aromatic N) is 2. The van der Waals surface area contributed by atoms with Gasteiger partial charge in [0.2, 0.25) is 5.91 Å². The van der Waals surface area contributed by atoms with Gasteiger partial charge in [0.25, 0.3) is 17.7 Å². The molecule has 0 spiro atoms. The molecule has 2 N–H and O–H groups in total. The molecule has 0 saturated heterocycles. The van der Waals surface area contributed by atoms with E-state index >= 15 is 0 Å². The highest BCUT2D eigenvalue weighted by Gasteiger charge is 2.36. The molecule has 0 fully saturated rings. The zero-order chi connectivity index (χ0) is 20.0. The zero-order valence-electron chi connectivity index (χ0n) is 15.4. The van der Waals surface area contributed by atoms with Crippen LogP contribution in [0.3, 0.4) is 0 Å². The van der Waals surface area contributed by atoms with Crippen molar-refractivity contribution >= 4 is 23.6 Å². The van der Waals surface area contributed by atoms with Crippen LogP contribution in [0.5, 0.6) is 0 Å². The number of rotatable bonds is 8. The summed E-state index contributed by atoms with van der Waals surface area (Å²) in [6, 6.07) is 6.22. The molecule has 0 saturated carbocycles. The molecule has 0 radical (unpaired) electrons. The summed E-state index contributed by atoms with van der Waals surface area (Å²) < 4.78 is 0. The van der Waals surface area contributed by atoms with Crippen LogP contribution in [0.1, 0.15) is 57.8 Å². The smallest absolute Gasteiger partial charge is 0.261 e. The lowest BCUT2D eigenvalue weighted by molar-refractivity contribution is -0.120. The Morgan fingerprint density at radius 3 is 2.44 bits per heavy atom. The number of amides is 4. The SMILES string of the molecule is CC(C)CN1C(=O)c2ccc(C(=O)NCCCNC(=O)CC#N)cc2C1=O. The van der Waals surface area contributed by atoms with Gasteiger partial charge in [-0.3, -0.25) is 24.1 Å². The van der Waals surface area contributed by atoms with E-state index in [9.17, 15) is 19.2 Å². The highest BCUT2D eigenvalue weighted by molar-refractivity contribution is 6.22. The Hall–Kier alpha value is -3.21. The number of nitrogens with one attached hydrogen (secondary N) is 2. The standard InChI is InChI=1S/C19H22N4O4/c1-12(2)11-23-18(26)14-5-4-13(10-15(14)19(23)27)17(25)22-9-3-8-21-16(24)6-7-20/h4-5,10,12H,3,6,8-9,11H2,1-2H3,(H,21,24)(H,22,25). The number of nitriles is 1. The van der Waals surface area contributed by atoms with Crippen molar-refractivity contribution in [3.8, 4) is 6.07 Å². The Balaban J connectivity index is 1.92. The largest absolute Gasteiger partial charge is 0.355 e. The van der Waals surface area contributed by atoms with Crippen molar-refractivity contribution in [3.63, 3.8) is 0 Å². The molecular formula is C19H22N4O4. The van der Waals surface area contributed by atoms with Crippen LogP contribution < -0.4 is 10.6 Å². The summed E-state index contributed by atoms with van der Waals surface area (Å²) in [6.07, 6.45) is 0.315. The topological polar surface area (TPSA) is 119 Å². The lowest BCUT2D eigenvalue weighted by atomic mass is 10.1. The second kappa shape index (κ2) is 8.94. The van der Waals surface area contributed by atoms with Crippen molar-refractivity contribution in [1.29, 1.82) is 5.26 Å². The highest BCUT2D eigenvalue weighted by atomic mass is 16.2. The molecule has 1 aliphatic heterocycles. The maximum Gasteiger partial charge on any atom is 0.261 e. The van der Waals surface area contributed by atoms with Gasteiger partial charge in [-0.25, -0.2) is 0 Å². The lowest BCUT2D eigenvalue weighted by Gasteiger charge is -2.15. The minimum Gasteiger partial charge on any atom is -0.355 e. The molecule has 0 aliphatic carbocycles. The first-order valence-electron chi connectivity index (χ1n) is 8.77. The van der Waals surface area contributed by atoms with E-state index < -0.39 is 0 Å². The molecule has 0 atom stereocenters. The fourth-order valence-corrected chi connectivity index (χ4v) is 2.72.